The molecule has 0 fully saturated rings. The highest BCUT2D eigenvalue weighted by atomic mass is 32.2. The molecule has 0 saturated carbocycles. The summed E-state index contributed by atoms with van der Waals surface area (Å²) in [4.78, 5) is 14.6. The molecule has 1 amide bonds. The average Bonchev–Trinajstić information content (AvgIpc) is 3.28. The Hall–Kier alpha value is -4.03. The molecule has 0 saturated heterocycles. The van der Waals surface area contributed by atoms with Gasteiger partial charge in [0.2, 0.25) is 5.91 Å². The molecule has 4 aromatic rings. The van der Waals surface area contributed by atoms with Gasteiger partial charge in [-0.1, -0.05) is 60.3 Å². The number of benzene rings is 3. The Labute approximate surface area is 199 Å². The van der Waals surface area contributed by atoms with Crippen LogP contribution in [-0.2, 0) is 4.79 Å². The lowest BCUT2D eigenvalue weighted by molar-refractivity contribution is -0.116. The number of hydrogen-bond acceptors (Lipinski definition) is 5. The van der Waals surface area contributed by atoms with E-state index in [0.29, 0.717) is 17.1 Å². The maximum absolute atomic E-state index is 14.7. The highest BCUT2D eigenvalue weighted by Gasteiger charge is 2.22. The van der Waals surface area contributed by atoms with Crippen LogP contribution in [0, 0.1) is 23.0 Å². The van der Waals surface area contributed by atoms with Crippen LogP contribution in [0.15, 0.2) is 84.0 Å². The van der Waals surface area contributed by atoms with Crippen LogP contribution in [0.1, 0.15) is 6.42 Å². The van der Waals surface area contributed by atoms with E-state index in [2.05, 4.69) is 16.3 Å². The second-order valence-corrected chi connectivity index (χ2v) is 8.12. The molecule has 1 heterocycles. The molecular weight excluding hydrogens is 456 g/mol. The lowest BCUT2D eigenvalue weighted by Crippen LogP contribution is -2.33. The molecule has 0 aliphatic rings. The molecular formula is C25H19F2N5OS. The topological polar surface area (TPSA) is 74.8 Å². The van der Waals surface area contributed by atoms with Crippen LogP contribution >= 0.6 is 11.8 Å². The lowest BCUT2D eigenvalue weighted by atomic mass is 10.2. The van der Waals surface area contributed by atoms with E-state index in [0.717, 1.165) is 23.9 Å². The molecule has 0 N–H and O–H groups in total. The van der Waals surface area contributed by atoms with Crippen LogP contribution in [0.5, 0.6) is 0 Å². The molecule has 0 unspecified atom stereocenters. The SMILES string of the molecule is N#CCCN(C(=O)CSc1nnc(-c2ccccc2)n1-c1ccc(F)cc1F)c1ccccc1. The Bertz CT molecular complexity index is 1320. The van der Waals surface area contributed by atoms with E-state index in [1.54, 1.807) is 24.3 Å². The number of rotatable bonds is 8. The number of para-hydroxylation sites is 1. The third kappa shape index (κ3) is 5.13. The van der Waals surface area contributed by atoms with Gasteiger partial charge < -0.3 is 4.90 Å². The first-order valence-electron chi connectivity index (χ1n) is 10.4. The number of nitrogens with zero attached hydrogens (tertiary/aromatic N) is 5. The van der Waals surface area contributed by atoms with Crippen LogP contribution in [0.2, 0.25) is 0 Å². The highest BCUT2D eigenvalue weighted by Crippen LogP contribution is 2.30. The Morgan fingerprint density at radius 1 is 1.00 bits per heavy atom. The summed E-state index contributed by atoms with van der Waals surface area (Å²) in [5.41, 5.74) is 1.45. The van der Waals surface area contributed by atoms with Crippen molar-refractivity contribution in [3.8, 4) is 23.1 Å². The number of halogens is 2. The quantitative estimate of drug-likeness (QED) is 0.325. The van der Waals surface area contributed by atoms with Crippen molar-refractivity contribution in [3.05, 3.63) is 90.5 Å². The normalized spacial score (nSPS) is 10.6. The average molecular weight is 476 g/mol. The fraction of sp³-hybridized carbons (Fsp3) is 0.120. The minimum atomic E-state index is -0.773. The Balaban J connectivity index is 1.66. The monoisotopic (exact) mass is 475 g/mol. The van der Waals surface area contributed by atoms with Crippen LogP contribution in [-0.4, -0.2) is 33.0 Å². The fourth-order valence-corrected chi connectivity index (χ4v) is 4.21. The first-order valence-corrected chi connectivity index (χ1v) is 11.4. The van der Waals surface area contributed by atoms with Gasteiger partial charge in [0.15, 0.2) is 11.0 Å². The predicted octanol–water partition coefficient (Wildman–Crippen LogP) is 5.25. The van der Waals surface area contributed by atoms with Gasteiger partial charge in [-0.3, -0.25) is 9.36 Å². The molecule has 4 rings (SSSR count). The smallest absolute Gasteiger partial charge is 0.237 e. The molecule has 9 heteroatoms. The summed E-state index contributed by atoms with van der Waals surface area (Å²) >= 11 is 1.09. The van der Waals surface area contributed by atoms with Crippen LogP contribution in [0.4, 0.5) is 14.5 Å². The van der Waals surface area contributed by atoms with Gasteiger partial charge in [-0.15, -0.1) is 10.2 Å². The number of aromatic nitrogens is 3. The predicted molar refractivity (Wildman–Crippen MR) is 126 cm³/mol. The zero-order valence-corrected chi connectivity index (χ0v) is 18.8. The summed E-state index contributed by atoms with van der Waals surface area (Å²) < 4.78 is 29.8. The zero-order chi connectivity index (χ0) is 23.9. The van der Waals surface area contributed by atoms with Crippen molar-refractivity contribution in [2.75, 3.05) is 17.2 Å². The third-order valence-electron chi connectivity index (χ3n) is 4.96. The number of thioether (sulfide) groups is 1. The van der Waals surface area contributed by atoms with E-state index in [9.17, 15) is 13.6 Å². The van der Waals surface area contributed by atoms with Crippen LogP contribution in [0.25, 0.3) is 17.1 Å². The van der Waals surface area contributed by atoms with Crippen molar-refractivity contribution in [1.29, 1.82) is 5.26 Å². The standard InChI is InChI=1S/C25H19F2N5OS/c26-19-12-13-22(21(27)16-19)32-24(18-8-3-1-4-9-18)29-30-25(32)34-17-23(33)31(15-7-14-28)20-10-5-2-6-11-20/h1-6,8-13,16H,7,15,17H2. The van der Waals surface area contributed by atoms with Gasteiger partial charge in [-0.05, 0) is 24.3 Å². The second-order valence-electron chi connectivity index (χ2n) is 7.18. The van der Waals surface area contributed by atoms with Crippen LogP contribution in [0.3, 0.4) is 0 Å². The van der Waals surface area contributed by atoms with Gasteiger partial charge in [0, 0.05) is 23.9 Å². The first-order chi connectivity index (χ1) is 16.6. The summed E-state index contributed by atoms with van der Waals surface area (Å²) in [6, 6.07) is 23.5. The van der Waals surface area contributed by atoms with Crippen LogP contribution < -0.4 is 4.90 Å². The summed E-state index contributed by atoms with van der Waals surface area (Å²) in [6.07, 6.45) is 0.181. The number of hydrogen-bond donors (Lipinski definition) is 0. The maximum Gasteiger partial charge on any atom is 0.237 e. The summed E-state index contributed by atoms with van der Waals surface area (Å²) in [5.74, 6) is -1.36. The van der Waals surface area contributed by atoms with Gasteiger partial charge in [0.05, 0.1) is 23.9 Å². The van der Waals surface area contributed by atoms with E-state index in [-0.39, 0.29) is 35.5 Å². The molecule has 6 nitrogen and oxygen atoms in total. The van der Waals surface area contributed by atoms with Gasteiger partial charge in [0.25, 0.3) is 0 Å². The zero-order valence-electron chi connectivity index (χ0n) is 17.9. The number of anilines is 1. The minimum absolute atomic E-state index is 0.0178. The van der Waals surface area contributed by atoms with Crippen molar-refractivity contribution in [1.82, 2.24) is 14.8 Å². The van der Waals surface area contributed by atoms with Crippen molar-refractivity contribution < 1.29 is 13.6 Å². The van der Waals surface area contributed by atoms with Gasteiger partial charge in [-0.25, -0.2) is 8.78 Å². The van der Waals surface area contributed by atoms with E-state index in [1.165, 1.54) is 15.5 Å². The highest BCUT2D eigenvalue weighted by molar-refractivity contribution is 7.99. The van der Waals surface area contributed by atoms with E-state index in [1.807, 2.05) is 36.4 Å². The van der Waals surface area contributed by atoms with Gasteiger partial charge in [0.1, 0.15) is 11.6 Å². The third-order valence-corrected chi connectivity index (χ3v) is 5.87. The minimum Gasteiger partial charge on any atom is -0.311 e. The summed E-state index contributed by atoms with van der Waals surface area (Å²) in [6.45, 7) is 0.244. The number of carbonyl (C=O) groups is 1. The second kappa shape index (κ2) is 10.7. The van der Waals surface area contributed by atoms with Gasteiger partial charge in [-0.2, -0.15) is 5.26 Å². The maximum atomic E-state index is 14.7. The Kier molecular flexibility index (Phi) is 7.30. The molecule has 1 aromatic heterocycles. The number of carbonyl (C=O) groups excluding carboxylic acids is 1. The van der Waals surface area contributed by atoms with Crippen molar-refractivity contribution in [2.45, 2.75) is 11.6 Å². The summed E-state index contributed by atoms with van der Waals surface area (Å²) in [5, 5.41) is 17.7. The molecule has 3 aromatic carbocycles. The Morgan fingerprint density at radius 3 is 2.38 bits per heavy atom. The van der Waals surface area contributed by atoms with E-state index in [4.69, 9.17) is 5.26 Å². The molecule has 0 radical (unpaired) electrons. The molecule has 0 spiro atoms. The molecule has 170 valence electrons. The van der Waals surface area contributed by atoms with E-state index < -0.39 is 11.6 Å². The molecule has 34 heavy (non-hydrogen) atoms. The van der Waals surface area contributed by atoms with Crippen molar-refractivity contribution in [3.63, 3.8) is 0 Å². The Morgan fingerprint density at radius 2 is 1.71 bits per heavy atom. The molecule has 0 aliphatic heterocycles. The fourth-order valence-electron chi connectivity index (χ4n) is 3.39. The first kappa shape index (κ1) is 23.1. The summed E-state index contributed by atoms with van der Waals surface area (Å²) in [7, 11) is 0. The van der Waals surface area contributed by atoms with Crippen molar-refractivity contribution in [2.24, 2.45) is 0 Å². The molecule has 0 aliphatic carbocycles. The van der Waals surface area contributed by atoms with Gasteiger partial charge >= 0.3 is 0 Å². The van der Waals surface area contributed by atoms with Crippen molar-refractivity contribution >= 4 is 23.4 Å². The number of amides is 1. The largest absolute Gasteiger partial charge is 0.311 e. The van der Waals surface area contributed by atoms with E-state index >= 15 is 0 Å². The number of nitriles is 1. The lowest BCUT2D eigenvalue weighted by Gasteiger charge is -2.21. The molecule has 0 bridgehead atoms. The molecule has 0 atom stereocenters.